The lowest BCUT2D eigenvalue weighted by atomic mass is 9.79. The van der Waals surface area contributed by atoms with Gasteiger partial charge in [-0.1, -0.05) is 228 Å². The number of hydrogen-bond donors (Lipinski definition) is 0. The van der Waals surface area contributed by atoms with Gasteiger partial charge in [0.05, 0.1) is 0 Å². The predicted octanol–water partition coefficient (Wildman–Crippen LogP) is 29.4. The summed E-state index contributed by atoms with van der Waals surface area (Å²) in [6.07, 6.45) is 0. The lowest BCUT2D eigenvalue weighted by Gasteiger charge is -2.29. The summed E-state index contributed by atoms with van der Waals surface area (Å²) in [7, 11) is 0. The first kappa shape index (κ1) is 69.3. The summed E-state index contributed by atoms with van der Waals surface area (Å²) >= 11 is 0. The normalized spacial score (nSPS) is 12.7. The number of rotatable bonds is 19. The van der Waals surface area contributed by atoms with Crippen LogP contribution in [0.3, 0.4) is 0 Å². The van der Waals surface area contributed by atoms with Crippen molar-refractivity contribution in [1.29, 1.82) is 0 Å². The molecule has 0 aromatic heterocycles. The maximum Gasteiger partial charge on any atom is 0.0470 e. The van der Waals surface area contributed by atoms with E-state index in [9.17, 15) is 0 Å². The van der Waals surface area contributed by atoms with E-state index in [-0.39, 0.29) is 16.7 Å². The van der Waals surface area contributed by atoms with Crippen LogP contribution in [0.2, 0.25) is 0 Å². The molecule has 0 unspecified atom stereocenters. The van der Waals surface area contributed by atoms with E-state index in [4.69, 9.17) is 0 Å². The average molecular weight is 1430 g/mol. The van der Waals surface area contributed by atoms with E-state index in [1.165, 1.54) is 77.9 Å². The maximum atomic E-state index is 2.53. The summed E-state index contributed by atoms with van der Waals surface area (Å²) in [5.41, 5.74) is 36.2. The van der Waals surface area contributed by atoms with Crippen molar-refractivity contribution in [2.24, 2.45) is 0 Å². The molecule has 5 heteroatoms. The molecule has 18 rings (SSSR count). The molecule has 0 spiro atoms. The van der Waals surface area contributed by atoms with Gasteiger partial charge in [0.2, 0.25) is 0 Å². The molecule has 0 atom stereocenters. The fourth-order valence-corrected chi connectivity index (χ4v) is 17.4. The van der Waals surface area contributed by atoms with Crippen LogP contribution in [0.1, 0.15) is 89.2 Å². The summed E-state index contributed by atoms with van der Waals surface area (Å²) < 4.78 is 0. The zero-order valence-corrected chi connectivity index (χ0v) is 63.8. The Balaban J connectivity index is 0.682. The number of benzene rings is 16. The molecule has 16 aromatic carbocycles. The highest BCUT2D eigenvalue weighted by molar-refractivity contribution is 5.94. The molecular weight excluding hydrogens is 1340 g/mol. The van der Waals surface area contributed by atoms with Crippen molar-refractivity contribution in [3.8, 4) is 33.4 Å². The minimum Gasteiger partial charge on any atom is -0.310 e. The van der Waals surface area contributed by atoms with E-state index < -0.39 is 0 Å². The first-order valence-corrected chi connectivity index (χ1v) is 38.7. The van der Waals surface area contributed by atoms with E-state index in [1.54, 1.807) is 0 Å². The Labute approximate surface area is 654 Å². The summed E-state index contributed by atoms with van der Waals surface area (Å²) in [5, 5.41) is 0. The zero-order chi connectivity index (χ0) is 75.3. The fraction of sp³-hybridized carbons (Fsp3) is 0.0943. The van der Waals surface area contributed by atoms with Crippen molar-refractivity contribution in [1.82, 2.24) is 0 Å². The molecule has 0 radical (unpaired) electrons. The molecule has 0 saturated heterocycles. The number of para-hydroxylation sites is 6. The largest absolute Gasteiger partial charge is 0.310 e. The molecule has 2 aliphatic carbocycles. The molecule has 0 fully saturated rings. The first-order valence-electron chi connectivity index (χ1n) is 38.7. The molecule has 0 N–H and O–H groups in total. The first-order chi connectivity index (χ1) is 54.3. The van der Waals surface area contributed by atoms with Crippen molar-refractivity contribution in [3.63, 3.8) is 0 Å². The van der Waals surface area contributed by atoms with Crippen molar-refractivity contribution < 1.29 is 0 Å². The van der Waals surface area contributed by atoms with Crippen LogP contribution >= 0.6 is 0 Å². The van der Waals surface area contributed by atoms with Gasteiger partial charge in [-0.2, -0.15) is 0 Å². The van der Waals surface area contributed by atoms with Crippen LogP contribution in [0.5, 0.6) is 0 Å². The third-order valence-electron chi connectivity index (χ3n) is 22.8. The quantitative estimate of drug-likeness (QED) is 0.0748. The smallest absolute Gasteiger partial charge is 0.0470 e. The molecule has 16 aromatic rings. The standard InChI is InChI=1S/C106H87N5/c1-73-29-26-44-90(64-73)108(83-36-18-10-19-37-83)87-53-47-76(48-54-87)104(77-49-55-88(56-50-77)109(84-38-20-11-21-39-84)91-45-27-30-74(2)65-91)78-51-57-89(58-52-78)110(85-40-22-12-23-41-85)95-66-75(3)63-80(68-95)79-31-28-46-92(67-79)111(86-42-24-13-25-43-86)94-60-62-97-99-72-102-98(71-103(99)106(6,7)101(97)70-94)96-61-59-93(69-100(96)105(102,4)5)107(81-32-14-8-15-33-81)82-34-16-9-17-35-82/h8-72,104H,1-7H3. The molecule has 0 amide bonds. The van der Waals surface area contributed by atoms with E-state index in [1.807, 2.05) is 0 Å². The monoisotopic (exact) mass is 1430 g/mol. The van der Waals surface area contributed by atoms with Crippen molar-refractivity contribution >= 4 is 85.3 Å². The van der Waals surface area contributed by atoms with E-state index >= 15 is 0 Å². The minimum absolute atomic E-state index is 0.102. The van der Waals surface area contributed by atoms with Gasteiger partial charge in [0.25, 0.3) is 0 Å². The third-order valence-corrected chi connectivity index (χ3v) is 22.8. The summed E-state index contributed by atoms with van der Waals surface area (Å²) in [4.78, 5) is 11.9. The second-order valence-electron chi connectivity index (χ2n) is 30.8. The van der Waals surface area contributed by atoms with Crippen LogP contribution in [0, 0.1) is 20.8 Å². The van der Waals surface area contributed by atoms with Crippen LogP contribution in [0.15, 0.2) is 394 Å². The molecule has 536 valence electrons. The Bertz CT molecular complexity index is 5870. The number of hydrogen-bond acceptors (Lipinski definition) is 5. The fourth-order valence-electron chi connectivity index (χ4n) is 17.4. The maximum absolute atomic E-state index is 2.53. The highest BCUT2D eigenvalue weighted by Gasteiger charge is 2.43. The molecular formula is C106H87N5. The second-order valence-corrected chi connectivity index (χ2v) is 30.8. The van der Waals surface area contributed by atoms with Gasteiger partial charge in [0.1, 0.15) is 0 Å². The number of anilines is 15. The number of fused-ring (bicyclic) bond motifs is 6. The number of aryl methyl sites for hydroxylation is 3. The van der Waals surface area contributed by atoms with Gasteiger partial charge in [-0.3, -0.25) is 0 Å². The molecule has 111 heavy (non-hydrogen) atoms. The summed E-state index contributed by atoms with van der Waals surface area (Å²) in [6, 6.07) is 145. The highest BCUT2D eigenvalue weighted by atomic mass is 15.2. The van der Waals surface area contributed by atoms with Gasteiger partial charge in [0.15, 0.2) is 0 Å². The Morgan fingerprint density at radius 1 is 0.180 bits per heavy atom. The van der Waals surface area contributed by atoms with Gasteiger partial charge in [-0.15, -0.1) is 0 Å². The SMILES string of the molecule is Cc1cccc(N(c2ccccc2)c2ccc(C(c3ccc(N(c4ccccc4)c4cccc(C)c4)cc3)c3ccc(N(c4ccccc4)c4cc(C)cc(-c5cccc(N(c6ccccc6)c6ccc7c(c6)C(C)(C)c6cc8c(cc6-7)C(C)(C)c6cc(N(c7ccccc7)c7ccccc7)ccc6-8)c5)c4)cc3)cc2)c1. The van der Waals surface area contributed by atoms with Gasteiger partial charge in [-0.25, -0.2) is 0 Å². The van der Waals surface area contributed by atoms with Crippen LogP contribution in [-0.4, -0.2) is 0 Å². The van der Waals surface area contributed by atoms with Gasteiger partial charge in [0, 0.05) is 102 Å². The Morgan fingerprint density at radius 2 is 0.432 bits per heavy atom. The Kier molecular flexibility index (Phi) is 18.0. The van der Waals surface area contributed by atoms with Crippen LogP contribution in [-0.2, 0) is 10.8 Å². The molecule has 2 aliphatic rings. The minimum atomic E-state index is -0.282. The third kappa shape index (κ3) is 13.1. The Morgan fingerprint density at radius 3 is 0.775 bits per heavy atom. The highest BCUT2D eigenvalue weighted by Crippen LogP contribution is 2.58. The molecule has 0 saturated carbocycles. The summed E-state index contributed by atoms with van der Waals surface area (Å²) in [6.45, 7) is 16.2. The lowest BCUT2D eigenvalue weighted by Crippen LogP contribution is -2.18. The van der Waals surface area contributed by atoms with E-state index in [2.05, 4.69) is 467 Å². The second kappa shape index (κ2) is 28.9. The summed E-state index contributed by atoms with van der Waals surface area (Å²) in [5.74, 6) is -0.102. The van der Waals surface area contributed by atoms with E-state index in [0.717, 1.165) is 96.4 Å². The zero-order valence-electron chi connectivity index (χ0n) is 63.8. The molecule has 0 bridgehead atoms. The van der Waals surface area contributed by atoms with Crippen molar-refractivity contribution in [2.45, 2.75) is 65.2 Å². The van der Waals surface area contributed by atoms with Gasteiger partial charge in [-0.05, 0) is 304 Å². The topological polar surface area (TPSA) is 16.2 Å². The van der Waals surface area contributed by atoms with E-state index in [0.29, 0.717) is 0 Å². The molecule has 0 aliphatic heterocycles. The van der Waals surface area contributed by atoms with Crippen LogP contribution in [0.4, 0.5) is 85.3 Å². The lowest BCUT2D eigenvalue weighted by molar-refractivity contribution is 0.652. The van der Waals surface area contributed by atoms with Crippen molar-refractivity contribution in [3.05, 3.63) is 450 Å². The number of nitrogens with zero attached hydrogens (tertiary/aromatic N) is 5. The van der Waals surface area contributed by atoms with Gasteiger partial charge >= 0.3 is 0 Å². The molecule has 0 heterocycles. The Hall–Kier alpha value is -13.5. The molecule has 5 nitrogen and oxygen atoms in total. The average Bonchev–Trinajstić information content (AvgIpc) is 1.55. The van der Waals surface area contributed by atoms with Gasteiger partial charge < -0.3 is 24.5 Å². The van der Waals surface area contributed by atoms with Crippen LogP contribution in [0.25, 0.3) is 33.4 Å². The van der Waals surface area contributed by atoms with Crippen LogP contribution < -0.4 is 24.5 Å². The predicted molar refractivity (Wildman–Crippen MR) is 468 cm³/mol. The van der Waals surface area contributed by atoms with Crippen molar-refractivity contribution in [2.75, 3.05) is 24.5 Å².